The molecule has 0 spiro atoms. The Kier molecular flexibility index (Phi) is 12.5. The van der Waals surface area contributed by atoms with Gasteiger partial charge in [0.1, 0.15) is 12.1 Å². The molecule has 10 heteroatoms. The van der Waals surface area contributed by atoms with Crippen molar-refractivity contribution >= 4 is 23.6 Å². The van der Waals surface area contributed by atoms with E-state index in [4.69, 9.17) is 0 Å². The SMILES string of the molecule is CCN(CC)C(=O)[C@@H]1CCCN1C(=O)[C@@H]1CCCN1C[C@H](C(C)C)N(C)C(=O)[C@@H](NC(=O)[C@H]1CCCCN1C)C(C)(C)C. The van der Waals surface area contributed by atoms with Crippen molar-refractivity contribution in [1.82, 2.24) is 29.8 Å². The zero-order valence-electron chi connectivity index (χ0n) is 28.5. The molecule has 0 radical (unpaired) electrons. The smallest absolute Gasteiger partial charge is 0.245 e. The number of nitrogens with one attached hydrogen (secondary N) is 1. The first-order chi connectivity index (χ1) is 20.2. The fourth-order valence-corrected chi connectivity index (χ4v) is 7.23. The van der Waals surface area contributed by atoms with E-state index in [9.17, 15) is 19.2 Å². The second-order valence-corrected chi connectivity index (χ2v) is 14.4. The van der Waals surface area contributed by atoms with Crippen molar-refractivity contribution in [3.05, 3.63) is 0 Å². The van der Waals surface area contributed by atoms with Crippen LogP contribution in [0.1, 0.15) is 93.4 Å². The predicted molar refractivity (Wildman–Crippen MR) is 170 cm³/mol. The molecule has 0 bridgehead atoms. The monoisotopic (exact) mass is 604 g/mol. The molecule has 3 heterocycles. The lowest BCUT2D eigenvalue weighted by molar-refractivity contribution is -0.147. The standard InChI is InChI=1S/C33H60N6O4/c1-10-37(11-2)30(41)26-18-15-21-39(26)31(42)25-17-14-20-38(25)22-27(23(3)4)36(9)32(43)28(33(5,6)7)34-29(40)24-16-12-13-19-35(24)8/h23-28H,10-22H2,1-9H3,(H,34,40)/t24-,25+,26+,27-,28-/m1/s1. The molecule has 3 saturated heterocycles. The highest BCUT2D eigenvalue weighted by atomic mass is 16.2. The van der Waals surface area contributed by atoms with Crippen molar-refractivity contribution in [2.75, 3.05) is 53.4 Å². The summed E-state index contributed by atoms with van der Waals surface area (Å²) < 4.78 is 0. The molecule has 5 atom stereocenters. The van der Waals surface area contributed by atoms with Crippen molar-refractivity contribution in [1.29, 1.82) is 0 Å². The minimum Gasteiger partial charge on any atom is -0.342 e. The Bertz CT molecular complexity index is 977. The number of piperidine rings is 1. The van der Waals surface area contributed by atoms with Gasteiger partial charge in [0.2, 0.25) is 23.6 Å². The van der Waals surface area contributed by atoms with Crippen LogP contribution in [0.2, 0.25) is 0 Å². The summed E-state index contributed by atoms with van der Waals surface area (Å²) >= 11 is 0. The molecule has 0 aromatic heterocycles. The number of likely N-dealkylation sites (N-methyl/N-ethyl adjacent to an activating group) is 3. The van der Waals surface area contributed by atoms with Gasteiger partial charge in [-0.05, 0) is 83.8 Å². The van der Waals surface area contributed by atoms with Gasteiger partial charge >= 0.3 is 0 Å². The topological polar surface area (TPSA) is 96.5 Å². The first kappa shape index (κ1) is 35.3. The Morgan fingerprint density at radius 2 is 1.47 bits per heavy atom. The maximum atomic E-state index is 14.1. The largest absolute Gasteiger partial charge is 0.342 e. The van der Waals surface area contributed by atoms with Gasteiger partial charge in [-0.1, -0.05) is 41.0 Å². The number of rotatable bonds is 11. The lowest BCUT2D eigenvalue weighted by Crippen LogP contribution is -2.61. The Morgan fingerprint density at radius 1 is 0.860 bits per heavy atom. The quantitative estimate of drug-likeness (QED) is 0.390. The van der Waals surface area contributed by atoms with Crippen LogP contribution in [0.15, 0.2) is 0 Å². The Hall–Kier alpha value is -2.20. The fraction of sp³-hybridized carbons (Fsp3) is 0.879. The highest BCUT2D eigenvalue weighted by Gasteiger charge is 2.44. The molecular formula is C33H60N6O4. The summed E-state index contributed by atoms with van der Waals surface area (Å²) in [6.45, 7) is 18.4. The number of nitrogens with zero attached hydrogens (tertiary/aromatic N) is 5. The third-order valence-electron chi connectivity index (χ3n) is 10.1. The van der Waals surface area contributed by atoms with Crippen LogP contribution < -0.4 is 5.32 Å². The van der Waals surface area contributed by atoms with E-state index in [2.05, 4.69) is 29.0 Å². The summed E-state index contributed by atoms with van der Waals surface area (Å²) in [6, 6.07) is -1.66. The predicted octanol–water partition coefficient (Wildman–Crippen LogP) is 2.81. The van der Waals surface area contributed by atoms with Crippen molar-refractivity contribution in [2.24, 2.45) is 11.3 Å². The first-order valence-corrected chi connectivity index (χ1v) is 16.8. The molecule has 246 valence electrons. The van der Waals surface area contributed by atoms with Crippen molar-refractivity contribution in [3.63, 3.8) is 0 Å². The van der Waals surface area contributed by atoms with Gasteiger partial charge in [0.05, 0.1) is 12.1 Å². The summed E-state index contributed by atoms with van der Waals surface area (Å²) in [7, 11) is 3.83. The Labute approximate surface area is 260 Å². The van der Waals surface area contributed by atoms with Crippen LogP contribution in [0, 0.1) is 11.3 Å². The molecule has 3 rings (SSSR count). The maximum absolute atomic E-state index is 14.1. The second-order valence-electron chi connectivity index (χ2n) is 14.4. The second kappa shape index (κ2) is 15.2. The fourth-order valence-electron chi connectivity index (χ4n) is 7.23. The average Bonchev–Trinajstić information content (AvgIpc) is 3.63. The summed E-state index contributed by atoms with van der Waals surface area (Å²) in [6.07, 6.45) is 6.15. The number of hydrogen-bond acceptors (Lipinski definition) is 6. The summed E-state index contributed by atoms with van der Waals surface area (Å²) in [5, 5.41) is 3.14. The Morgan fingerprint density at radius 3 is 2.05 bits per heavy atom. The number of carbonyl (C=O) groups excluding carboxylic acids is 4. The Balaban J connectivity index is 1.74. The van der Waals surface area contributed by atoms with Crippen molar-refractivity contribution < 1.29 is 19.2 Å². The molecule has 1 N–H and O–H groups in total. The molecule has 0 aromatic rings. The van der Waals surface area contributed by atoms with Crippen LogP contribution in [0.25, 0.3) is 0 Å². The number of carbonyl (C=O) groups is 4. The van der Waals surface area contributed by atoms with E-state index < -0.39 is 11.5 Å². The van der Waals surface area contributed by atoms with Gasteiger partial charge in [-0.25, -0.2) is 0 Å². The van der Waals surface area contributed by atoms with Gasteiger partial charge in [-0.2, -0.15) is 0 Å². The van der Waals surface area contributed by atoms with Crippen LogP contribution in [0.5, 0.6) is 0 Å². The van der Waals surface area contributed by atoms with Gasteiger partial charge in [-0.15, -0.1) is 0 Å². The molecule has 0 aliphatic carbocycles. The molecule has 0 aromatic carbocycles. The summed E-state index contributed by atoms with van der Waals surface area (Å²) in [5.74, 6) is 0.0860. The zero-order chi connectivity index (χ0) is 32.1. The highest BCUT2D eigenvalue weighted by Crippen LogP contribution is 2.29. The van der Waals surface area contributed by atoms with Crippen LogP contribution in [-0.2, 0) is 19.2 Å². The van der Waals surface area contributed by atoms with E-state index in [0.29, 0.717) is 26.2 Å². The normalized spacial score (nSPS) is 25.1. The molecule has 0 unspecified atom stereocenters. The van der Waals surface area contributed by atoms with E-state index in [0.717, 1.165) is 58.0 Å². The van der Waals surface area contributed by atoms with Crippen LogP contribution in [-0.4, -0.2) is 132 Å². The van der Waals surface area contributed by atoms with E-state index in [1.165, 1.54) is 0 Å². The zero-order valence-corrected chi connectivity index (χ0v) is 28.5. The number of hydrogen-bond donors (Lipinski definition) is 1. The molecule has 0 saturated carbocycles. The van der Waals surface area contributed by atoms with Gasteiger partial charge in [0.25, 0.3) is 0 Å². The third-order valence-corrected chi connectivity index (χ3v) is 10.1. The van der Waals surface area contributed by atoms with Crippen LogP contribution >= 0.6 is 0 Å². The lowest BCUT2D eigenvalue weighted by atomic mass is 9.84. The molecule has 10 nitrogen and oxygen atoms in total. The van der Waals surface area contributed by atoms with Gasteiger partial charge in [0.15, 0.2) is 0 Å². The number of amides is 4. The van der Waals surface area contributed by atoms with E-state index in [1.54, 1.807) is 0 Å². The highest BCUT2D eigenvalue weighted by molar-refractivity contribution is 5.91. The molecule has 3 aliphatic rings. The number of likely N-dealkylation sites (tertiary alicyclic amines) is 3. The molecule has 4 amide bonds. The van der Waals surface area contributed by atoms with Gasteiger partial charge in [0, 0.05) is 39.3 Å². The van der Waals surface area contributed by atoms with Crippen molar-refractivity contribution in [2.45, 2.75) is 124 Å². The molecule has 43 heavy (non-hydrogen) atoms. The van der Waals surface area contributed by atoms with Crippen LogP contribution in [0.4, 0.5) is 0 Å². The first-order valence-electron chi connectivity index (χ1n) is 16.8. The van der Waals surface area contributed by atoms with E-state index in [1.807, 2.05) is 63.4 Å². The van der Waals surface area contributed by atoms with Crippen molar-refractivity contribution in [3.8, 4) is 0 Å². The lowest BCUT2D eigenvalue weighted by Gasteiger charge is -2.41. The summed E-state index contributed by atoms with van der Waals surface area (Å²) in [4.78, 5) is 64.5. The van der Waals surface area contributed by atoms with E-state index in [-0.39, 0.29) is 53.7 Å². The maximum Gasteiger partial charge on any atom is 0.245 e. The summed E-state index contributed by atoms with van der Waals surface area (Å²) in [5.41, 5.74) is -0.468. The molecule has 3 fully saturated rings. The van der Waals surface area contributed by atoms with Gasteiger partial charge in [-0.3, -0.25) is 29.0 Å². The average molecular weight is 605 g/mol. The third kappa shape index (κ3) is 8.29. The molecular weight excluding hydrogens is 544 g/mol. The van der Waals surface area contributed by atoms with Gasteiger partial charge < -0.3 is 20.0 Å². The van der Waals surface area contributed by atoms with E-state index >= 15 is 0 Å². The minimum absolute atomic E-state index is 0.0495. The molecule has 3 aliphatic heterocycles. The minimum atomic E-state index is -0.658. The van der Waals surface area contributed by atoms with Crippen LogP contribution in [0.3, 0.4) is 0 Å².